The van der Waals surface area contributed by atoms with Crippen LogP contribution in [0, 0.1) is 0 Å². The van der Waals surface area contributed by atoms with E-state index in [4.69, 9.17) is 4.84 Å². The summed E-state index contributed by atoms with van der Waals surface area (Å²) in [6, 6.07) is 0. The van der Waals surface area contributed by atoms with Gasteiger partial charge < -0.3 is 0 Å². The molecule has 13 heavy (non-hydrogen) atoms. The fourth-order valence-electron chi connectivity index (χ4n) is 1.05. The van der Waals surface area contributed by atoms with Crippen molar-refractivity contribution in [3.63, 3.8) is 0 Å². The molecule has 2 rings (SSSR count). The molecule has 7 nitrogen and oxygen atoms in total. The van der Waals surface area contributed by atoms with Crippen molar-refractivity contribution in [1.29, 1.82) is 0 Å². The number of nitrogens with one attached hydrogen (secondary N) is 1. The highest BCUT2D eigenvalue weighted by Crippen LogP contribution is 2.06. The first-order valence-corrected chi connectivity index (χ1v) is 3.78. The third kappa shape index (κ3) is 1.45. The average molecular weight is 185 g/mol. The maximum absolute atomic E-state index is 11.4. The number of carbonyl (C=O) groups is 1. The Morgan fingerprint density at radius 3 is 3.00 bits per heavy atom. The summed E-state index contributed by atoms with van der Waals surface area (Å²) in [5.41, 5.74) is 0. The molecule has 0 aromatic carbocycles. The number of amides is 1. The van der Waals surface area contributed by atoms with E-state index < -0.39 is 11.7 Å². The van der Waals surface area contributed by atoms with Crippen LogP contribution >= 0.6 is 0 Å². The lowest BCUT2D eigenvalue weighted by Crippen LogP contribution is -2.27. The van der Waals surface area contributed by atoms with Crippen LogP contribution in [-0.4, -0.2) is 34.3 Å². The molecular formula is C6H7N3O4. The monoisotopic (exact) mass is 185 g/mol. The van der Waals surface area contributed by atoms with Crippen molar-refractivity contribution in [2.24, 2.45) is 0 Å². The number of aromatic nitrogens is 2. The van der Waals surface area contributed by atoms with Crippen LogP contribution in [0.3, 0.4) is 0 Å². The summed E-state index contributed by atoms with van der Waals surface area (Å²) >= 11 is 0. The molecule has 1 aliphatic heterocycles. The lowest BCUT2D eigenvalue weighted by atomic mass is 10.4. The standard InChI is InChI=1S/C6H7N3O4/c10-5(9-2-1-3-12-9)4-7-6(11)13-8-4/h1-3H2,(H,7,8,11). The molecule has 1 aromatic rings. The van der Waals surface area contributed by atoms with Gasteiger partial charge in [0, 0.05) is 0 Å². The molecule has 1 saturated heterocycles. The van der Waals surface area contributed by atoms with Gasteiger partial charge in [0.15, 0.2) is 0 Å². The van der Waals surface area contributed by atoms with Gasteiger partial charge in [0.25, 0.3) is 0 Å². The van der Waals surface area contributed by atoms with Gasteiger partial charge in [-0.1, -0.05) is 0 Å². The van der Waals surface area contributed by atoms with Crippen LogP contribution in [0.4, 0.5) is 0 Å². The Morgan fingerprint density at radius 2 is 2.46 bits per heavy atom. The van der Waals surface area contributed by atoms with Crippen LogP contribution < -0.4 is 5.76 Å². The lowest BCUT2D eigenvalue weighted by Gasteiger charge is -2.10. The molecule has 2 heterocycles. The number of H-pyrrole nitrogens is 1. The van der Waals surface area contributed by atoms with Crippen LogP contribution in [0.25, 0.3) is 0 Å². The molecule has 1 N–H and O–H groups in total. The second-order valence-corrected chi connectivity index (χ2v) is 2.54. The molecule has 1 amide bonds. The fraction of sp³-hybridized carbons (Fsp3) is 0.500. The normalized spacial score (nSPS) is 16.5. The van der Waals surface area contributed by atoms with Gasteiger partial charge in [-0.2, -0.15) is 0 Å². The number of rotatable bonds is 1. The predicted octanol–water partition coefficient (Wildman–Crippen LogP) is -0.860. The van der Waals surface area contributed by atoms with Gasteiger partial charge in [-0.15, -0.1) is 0 Å². The summed E-state index contributed by atoms with van der Waals surface area (Å²) in [6.45, 7) is 1.02. The molecule has 1 aliphatic rings. The van der Waals surface area contributed by atoms with Gasteiger partial charge >= 0.3 is 11.7 Å². The van der Waals surface area contributed by atoms with E-state index >= 15 is 0 Å². The van der Waals surface area contributed by atoms with Gasteiger partial charge in [-0.3, -0.25) is 19.1 Å². The fourth-order valence-corrected chi connectivity index (χ4v) is 1.05. The average Bonchev–Trinajstić information content (AvgIpc) is 2.72. The van der Waals surface area contributed by atoms with Crippen molar-refractivity contribution in [3.05, 3.63) is 16.4 Å². The Kier molecular flexibility index (Phi) is 1.85. The summed E-state index contributed by atoms with van der Waals surface area (Å²) in [6.07, 6.45) is 0.786. The summed E-state index contributed by atoms with van der Waals surface area (Å²) in [5.74, 6) is -1.36. The first kappa shape index (κ1) is 7.99. The van der Waals surface area contributed by atoms with Crippen LogP contribution in [0.1, 0.15) is 17.0 Å². The molecular weight excluding hydrogens is 178 g/mol. The summed E-state index contributed by atoms with van der Waals surface area (Å²) in [7, 11) is 0. The van der Waals surface area contributed by atoms with Crippen molar-refractivity contribution in [2.75, 3.05) is 13.2 Å². The Hall–Kier alpha value is -1.63. The Balaban J connectivity index is 2.16. The van der Waals surface area contributed by atoms with E-state index in [2.05, 4.69) is 14.7 Å². The highest BCUT2D eigenvalue weighted by Gasteiger charge is 2.23. The van der Waals surface area contributed by atoms with Crippen LogP contribution in [-0.2, 0) is 4.84 Å². The SMILES string of the molecule is O=C(c1noc(=O)[nH]1)N1CCCO1. The smallest absolute Gasteiger partial charge is 0.295 e. The molecule has 0 aliphatic carbocycles. The molecule has 0 bridgehead atoms. The molecule has 0 atom stereocenters. The number of hydroxylamine groups is 2. The summed E-state index contributed by atoms with van der Waals surface area (Å²) in [5, 5.41) is 4.39. The highest BCUT2D eigenvalue weighted by molar-refractivity contribution is 5.89. The van der Waals surface area contributed by atoms with Crippen LogP contribution in [0.5, 0.6) is 0 Å². The minimum Gasteiger partial charge on any atom is -0.295 e. The zero-order valence-electron chi connectivity index (χ0n) is 6.65. The van der Waals surface area contributed by atoms with Crippen molar-refractivity contribution in [3.8, 4) is 0 Å². The van der Waals surface area contributed by atoms with E-state index in [9.17, 15) is 9.59 Å². The lowest BCUT2D eigenvalue weighted by molar-refractivity contribution is -0.0776. The zero-order valence-corrected chi connectivity index (χ0v) is 6.65. The maximum Gasteiger partial charge on any atom is 0.439 e. The molecule has 7 heteroatoms. The van der Waals surface area contributed by atoms with E-state index in [1.54, 1.807) is 0 Å². The largest absolute Gasteiger partial charge is 0.439 e. The quantitative estimate of drug-likeness (QED) is 0.615. The van der Waals surface area contributed by atoms with Crippen LogP contribution in [0.15, 0.2) is 9.32 Å². The van der Waals surface area contributed by atoms with E-state index in [1.165, 1.54) is 0 Å². The first-order valence-electron chi connectivity index (χ1n) is 3.78. The van der Waals surface area contributed by atoms with E-state index in [-0.39, 0.29) is 5.82 Å². The second kappa shape index (κ2) is 3.02. The maximum atomic E-state index is 11.4. The van der Waals surface area contributed by atoms with Crippen molar-refractivity contribution < 1.29 is 14.2 Å². The Morgan fingerprint density at radius 1 is 1.62 bits per heavy atom. The van der Waals surface area contributed by atoms with Crippen molar-refractivity contribution in [1.82, 2.24) is 15.2 Å². The number of nitrogens with zero attached hydrogens (tertiary/aromatic N) is 2. The van der Waals surface area contributed by atoms with Gasteiger partial charge in [0.05, 0.1) is 13.2 Å². The second-order valence-electron chi connectivity index (χ2n) is 2.54. The number of hydrogen-bond donors (Lipinski definition) is 1. The minimum atomic E-state index is -0.748. The molecule has 0 saturated carbocycles. The van der Waals surface area contributed by atoms with Crippen LogP contribution in [0.2, 0.25) is 0 Å². The molecule has 70 valence electrons. The minimum absolute atomic E-state index is 0.132. The molecule has 0 unspecified atom stereocenters. The van der Waals surface area contributed by atoms with Crippen molar-refractivity contribution in [2.45, 2.75) is 6.42 Å². The van der Waals surface area contributed by atoms with Gasteiger partial charge in [0.1, 0.15) is 0 Å². The van der Waals surface area contributed by atoms with Gasteiger partial charge in [-0.25, -0.2) is 9.86 Å². The first-order chi connectivity index (χ1) is 6.27. The van der Waals surface area contributed by atoms with E-state index in [1.807, 2.05) is 0 Å². The molecule has 0 radical (unpaired) electrons. The third-order valence-electron chi connectivity index (χ3n) is 1.62. The molecule has 1 aromatic heterocycles. The molecule has 0 spiro atoms. The van der Waals surface area contributed by atoms with Crippen molar-refractivity contribution >= 4 is 5.91 Å². The van der Waals surface area contributed by atoms with E-state index in [0.29, 0.717) is 13.2 Å². The predicted molar refractivity (Wildman–Crippen MR) is 38.7 cm³/mol. The summed E-state index contributed by atoms with van der Waals surface area (Å²) < 4.78 is 4.18. The highest BCUT2D eigenvalue weighted by atomic mass is 16.7. The Bertz CT molecular complexity index is 362. The number of hydrogen-bond acceptors (Lipinski definition) is 5. The topological polar surface area (TPSA) is 88.4 Å². The van der Waals surface area contributed by atoms with Gasteiger partial charge in [0.2, 0.25) is 5.82 Å². The summed E-state index contributed by atoms with van der Waals surface area (Å²) in [4.78, 5) is 29.0. The van der Waals surface area contributed by atoms with E-state index in [0.717, 1.165) is 11.5 Å². The number of carbonyl (C=O) groups excluding carboxylic acids is 1. The van der Waals surface area contributed by atoms with Gasteiger partial charge in [-0.05, 0) is 11.6 Å². The Labute approximate surface area is 72.2 Å². The molecule has 1 fully saturated rings. The third-order valence-corrected chi connectivity index (χ3v) is 1.62. The zero-order chi connectivity index (χ0) is 9.26. The number of aromatic amines is 1.